The van der Waals surface area contributed by atoms with Gasteiger partial charge in [0.25, 0.3) is 5.91 Å². The second kappa shape index (κ2) is 7.39. The third-order valence-corrected chi connectivity index (χ3v) is 4.71. The van der Waals surface area contributed by atoms with Gasteiger partial charge in [0, 0.05) is 49.4 Å². The lowest BCUT2D eigenvalue weighted by Crippen LogP contribution is -2.39. The van der Waals surface area contributed by atoms with E-state index in [0.29, 0.717) is 12.2 Å². The van der Waals surface area contributed by atoms with E-state index in [1.807, 2.05) is 35.4 Å². The van der Waals surface area contributed by atoms with Crippen molar-refractivity contribution in [3.63, 3.8) is 0 Å². The van der Waals surface area contributed by atoms with Crippen LogP contribution in [-0.2, 0) is 0 Å². The summed E-state index contributed by atoms with van der Waals surface area (Å²) < 4.78 is 0. The fourth-order valence-electron chi connectivity index (χ4n) is 3.45. The number of hydrogen-bond acceptors (Lipinski definition) is 5. The van der Waals surface area contributed by atoms with E-state index in [1.54, 1.807) is 31.0 Å². The van der Waals surface area contributed by atoms with E-state index < -0.39 is 0 Å². The Labute approximate surface area is 152 Å². The van der Waals surface area contributed by atoms with E-state index in [4.69, 9.17) is 0 Å². The van der Waals surface area contributed by atoms with Crippen molar-refractivity contribution in [2.75, 3.05) is 13.1 Å². The van der Waals surface area contributed by atoms with Crippen LogP contribution in [0.15, 0.2) is 61.4 Å². The van der Waals surface area contributed by atoms with E-state index in [-0.39, 0.29) is 11.8 Å². The third-order valence-electron chi connectivity index (χ3n) is 4.71. The number of nitrogens with zero attached hydrogens (tertiary/aromatic N) is 5. The van der Waals surface area contributed by atoms with Crippen LogP contribution in [0.25, 0.3) is 11.1 Å². The Morgan fingerprint density at radius 1 is 1.04 bits per heavy atom. The number of carbonyl (C=O) groups excluding carboxylic acids is 1. The van der Waals surface area contributed by atoms with Gasteiger partial charge in [-0.1, -0.05) is 6.07 Å². The molecule has 4 heterocycles. The molecule has 1 atom stereocenters. The highest BCUT2D eigenvalue weighted by Crippen LogP contribution is 2.32. The molecule has 3 aromatic heterocycles. The number of rotatable bonds is 3. The molecular weight excluding hydrogens is 326 g/mol. The van der Waals surface area contributed by atoms with Crippen LogP contribution in [0.5, 0.6) is 0 Å². The van der Waals surface area contributed by atoms with Crippen molar-refractivity contribution in [2.45, 2.75) is 18.8 Å². The summed E-state index contributed by atoms with van der Waals surface area (Å²) in [5.74, 6) is 0.164. The number of amides is 1. The molecule has 0 aliphatic carbocycles. The van der Waals surface area contributed by atoms with Crippen LogP contribution < -0.4 is 0 Å². The minimum absolute atomic E-state index is 0.0187. The molecule has 0 spiro atoms. The van der Waals surface area contributed by atoms with Crippen LogP contribution in [0, 0.1) is 0 Å². The van der Waals surface area contributed by atoms with Gasteiger partial charge in [-0.2, -0.15) is 0 Å². The Hall–Kier alpha value is -3.15. The molecule has 26 heavy (non-hydrogen) atoms. The maximum absolute atomic E-state index is 12.8. The van der Waals surface area contributed by atoms with Crippen molar-refractivity contribution in [2.24, 2.45) is 0 Å². The van der Waals surface area contributed by atoms with E-state index >= 15 is 0 Å². The van der Waals surface area contributed by atoms with Gasteiger partial charge in [-0.15, -0.1) is 0 Å². The van der Waals surface area contributed by atoms with Crippen LogP contribution in [0.1, 0.15) is 34.9 Å². The summed E-state index contributed by atoms with van der Waals surface area (Å²) in [6, 6.07) is 9.34. The van der Waals surface area contributed by atoms with Crippen molar-refractivity contribution in [1.82, 2.24) is 24.8 Å². The Morgan fingerprint density at radius 3 is 2.73 bits per heavy atom. The van der Waals surface area contributed by atoms with E-state index in [2.05, 4.69) is 19.9 Å². The van der Waals surface area contributed by atoms with Crippen molar-refractivity contribution in [1.29, 1.82) is 0 Å². The van der Waals surface area contributed by atoms with Gasteiger partial charge in [0.2, 0.25) is 0 Å². The summed E-state index contributed by atoms with van der Waals surface area (Å²) in [6.45, 7) is 1.39. The largest absolute Gasteiger partial charge is 0.337 e. The van der Waals surface area contributed by atoms with E-state index in [0.717, 1.165) is 36.2 Å². The van der Waals surface area contributed by atoms with Gasteiger partial charge in [0.05, 0.1) is 5.69 Å². The normalized spacial score (nSPS) is 17.1. The van der Waals surface area contributed by atoms with Crippen LogP contribution in [0.3, 0.4) is 0 Å². The predicted molar refractivity (Wildman–Crippen MR) is 97.4 cm³/mol. The molecule has 0 unspecified atom stereocenters. The molecule has 0 aromatic carbocycles. The Balaban J connectivity index is 1.60. The summed E-state index contributed by atoms with van der Waals surface area (Å²) in [7, 11) is 0. The monoisotopic (exact) mass is 345 g/mol. The van der Waals surface area contributed by atoms with Crippen molar-refractivity contribution in [3.05, 3.63) is 72.8 Å². The molecule has 1 aliphatic heterocycles. The molecule has 0 N–H and O–H groups in total. The second-order valence-corrected chi connectivity index (χ2v) is 6.36. The summed E-state index contributed by atoms with van der Waals surface area (Å²) >= 11 is 0. The van der Waals surface area contributed by atoms with Gasteiger partial charge in [0.1, 0.15) is 12.0 Å². The van der Waals surface area contributed by atoms with E-state index in [9.17, 15) is 4.79 Å². The minimum Gasteiger partial charge on any atom is -0.337 e. The first kappa shape index (κ1) is 16.3. The van der Waals surface area contributed by atoms with Crippen molar-refractivity contribution >= 4 is 5.91 Å². The number of aromatic nitrogens is 4. The zero-order valence-electron chi connectivity index (χ0n) is 14.3. The average Bonchev–Trinajstić information content (AvgIpc) is 2.74. The van der Waals surface area contributed by atoms with Gasteiger partial charge in [-0.3, -0.25) is 14.8 Å². The molecule has 3 aromatic rings. The second-order valence-electron chi connectivity index (χ2n) is 6.36. The standard InChI is InChI=1S/C20H19N5O/c26-20(18-5-1-2-8-23-18)25-11-3-4-16(13-25)19-17(12-22-14-24-19)15-6-9-21-10-7-15/h1-2,5-10,12,14,16H,3-4,11,13H2/t16-/m0/s1. The number of piperidine rings is 1. The molecule has 130 valence electrons. The zero-order valence-corrected chi connectivity index (χ0v) is 14.3. The van der Waals surface area contributed by atoms with Gasteiger partial charge < -0.3 is 4.90 Å². The predicted octanol–water partition coefficient (Wildman–Crippen LogP) is 2.95. The summed E-state index contributed by atoms with van der Waals surface area (Å²) in [4.78, 5) is 31.7. The first-order chi connectivity index (χ1) is 12.8. The summed E-state index contributed by atoms with van der Waals surface area (Å²) in [5, 5.41) is 0. The van der Waals surface area contributed by atoms with E-state index in [1.165, 1.54) is 0 Å². The maximum Gasteiger partial charge on any atom is 0.272 e. The molecule has 1 saturated heterocycles. The third kappa shape index (κ3) is 3.31. The van der Waals surface area contributed by atoms with Gasteiger partial charge in [0.15, 0.2) is 0 Å². The van der Waals surface area contributed by atoms with Crippen LogP contribution in [0.2, 0.25) is 0 Å². The van der Waals surface area contributed by atoms with Crippen molar-refractivity contribution < 1.29 is 4.79 Å². The van der Waals surface area contributed by atoms with Crippen LogP contribution >= 0.6 is 0 Å². The first-order valence-electron chi connectivity index (χ1n) is 8.73. The van der Waals surface area contributed by atoms with Gasteiger partial charge >= 0.3 is 0 Å². The van der Waals surface area contributed by atoms with Crippen molar-refractivity contribution in [3.8, 4) is 11.1 Å². The topological polar surface area (TPSA) is 71.9 Å². The Morgan fingerprint density at radius 2 is 1.92 bits per heavy atom. The summed E-state index contributed by atoms with van der Waals surface area (Å²) in [6.07, 6.45) is 10.6. The maximum atomic E-state index is 12.8. The lowest BCUT2D eigenvalue weighted by Gasteiger charge is -2.33. The highest BCUT2D eigenvalue weighted by atomic mass is 16.2. The Bertz CT molecular complexity index is 885. The highest BCUT2D eigenvalue weighted by molar-refractivity contribution is 5.92. The molecule has 0 radical (unpaired) electrons. The molecule has 0 bridgehead atoms. The molecule has 6 heteroatoms. The fourth-order valence-corrected chi connectivity index (χ4v) is 3.45. The Kier molecular flexibility index (Phi) is 4.64. The highest BCUT2D eigenvalue weighted by Gasteiger charge is 2.28. The number of hydrogen-bond donors (Lipinski definition) is 0. The van der Waals surface area contributed by atoms with Gasteiger partial charge in [-0.25, -0.2) is 9.97 Å². The average molecular weight is 345 g/mol. The molecule has 1 amide bonds. The van der Waals surface area contributed by atoms with Gasteiger partial charge in [-0.05, 0) is 42.7 Å². The number of likely N-dealkylation sites (tertiary alicyclic amines) is 1. The van der Waals surface area contributed by atoms with Crippen LogP contribution in [-0.4, -0.2) is 43.8 Å². The minimum atomic E-state index is -0.0187. The summed E-state index contributed by atoms with van der Waals surface area (Å²) in [5.41, 5.74) is 3.53. The quantitative estimate of drug-likeness (QED) is 0.730. The molecule has 1 fully saturated rings. The molecule has 0 saturated carbocycles. The SMILES string of the molecule is O=C(c1ccccn1)N1CCC[C@H](c2ncncc2-c2ccncc2)C1. The number of pyridine rings is 2. The molecule has 1 aliphatic rings. The smallest absolute Gasteiger partial charge is 0.272 e. The van der Waals surface area contributed by atoms with Crippen LogP contribution in [0.4, 0.5) is 0 Å². The lowest BCUT2D eigenvalue weighted by atomic mass is 9.90. The molecular formula is C20H19N5O. The zero-order chi connectivity index (χ0) is 17.8. The lowest BCUT2D eigenvalue weighted by molar-refractivity contribution is 0.0700. The fraction of sp³-hybridized carbons (Fsp3) is 0.250. The number of carbonyl (C=O) groups is 1. The first-order valence-corrected chi connectivity index (χ1v) is 8.73. The molecule has 6 nitrogen and oxygen atoms in total. The molecule has 4 rings (SSSR count).